The lowest BCUT2D eigenvalue weighted by atomic mass is 9.83. The Morgan fingerprint density at radius 1 is 1.06 bits per heavy atom. The lowest BCUT2D eigenvalue weighted by Gasteiger charge is -2.28. The van der Waals surface area contributed by atoms with Gasteiger partial charge in [-0.15, -0.1) is 0 Å². The van der Waals surface area contributed by atoms with Gasteiger partial charge >= 0.3 is 5.97 Å². The average Bonchev–Trinajstić information content (AvgIpc) is 2.81. The Morgan fingerprint density at radius 3 is 2.11 bits per heavy atom. The van der Waals surface area contributed by atoms with Gasteiger partial charge in [-0.2, -0.15) is 8.78 Å². The van der Waals surface area contributed by atoms with Crippen LogP contribution in [0.15, 0.2) is 6.07 Å². The topological polar surface area (TPSA) is 136 Å². The highest BCUT2D eigenvalue weighted by atomic mass is 19.2. The molecule has 0 aliphatic heterocycles. The van der Waals surface area contributed by atoms with E-state index in [1.807, 2.05) is 0 Å². The molecular weight excluding hydrogens is 488 g/mol. The van der Waals surface area contributed by atoms with Gasteiger partial charge in [0.2, 0.25) is 17.5 Å². The number of nitrogens with one attached hydrogen (secondary N) is 1. The number of rotatable bonds is 12. The first-order valence-corrected chi connectivity index (χ1v) is 11.6. The molecule has 0 radical (unpaired) electrons. The number of carbonyl (C=O) groups is 4. The molecule has 0 spiro atoms. The smallest absolute Gasteiger partial charge is 0.321 e. The zero-order valence-corrected chi connectivity index (χ0v) is 20.0. The Morgan fingerprint density at radius 2 is 1.61 bits per heavy atom. The zero-order chi connectivity index (χ0) is 27.2. The first kappa shape index (κ1) is 29.2. The monoisotopic (exact) mass is 518 g/mol. The fourth-order valence-corrected chi connectivity index (χ4v) is 4.24. The van der Waals surface area contributed by atoms with Gasteiger partial charge < -0.3 is 20.9 Å². The van der Waals surface area contributed by atoms with Gasteiger partial charge in [0.1, 0.15) is 18.6 Å². The molecule has 1 amide bonds. The first-order valence-electron chi connectivity index (χ1n) is 11.6. The van der Waals surface area contributed by atoms with Crippen molar-refractivity contribution in [3.8, 4) is 5.75 Å². The van der Waals surface area contributed by atoms with Crippen molar-refractivity contribution >= 4 is 23.4 Å². The predicted octanol–water partition coefficient (Wildman–Crippen LogP) is 2.90. The van der Waals surface area contributed by atoms with Crippen LogP contribution in [0.1, 0.15) is 52.4 Å². The lowest BCUT2D eigenvalue weighted by Crippen LogP contribution is -2.55. The molecule has 200 valence electrons. The predicted molar refractivity (Wildman–Crippen MR) is 119 cm³/mol. The molecule has 8 nitrogen and oxygen atoms in total. The number of Topliss-reactive ketones (excluding diaryl/α,β-unsaturated/α-hetero) is 2. The van der Waals surface area contributed by atoms with Crippen LogP contribution in [0.4, 0.5) is 17.6 Å². The van der Waals surface area contributed by atoms with Crippen LogP contribution in [0.3, 0.4) is 0 Å². The highest BCUT2D eigenvalue weighted by molar-refractivity contribution is 6.09. The number of hydrogen-bond donors (Lipinski definition) is 3. The summed E-state index contributed by atoms with van der Waals surface area (Å²) >= 11 is 0. The van der Waals surface area contributed by atoms with Gasteiger partial charge in [0, 0.05) is 12.5 Å². The van der Waals surface area contributed by atoms with E-state index in [2.05, 4.69) is 10.1 Å². The Bertz CT molecular complexity index is 971. The first-order chi connectivity index (χ1) is 16.8. The van der Waals surface area contributed by atoms with Crippen LogP contribution in [-0.4, -0.2) is 47.2 Å². The summed E-state index contributed by atoms with van der Waals surface area (Å²) in [5.41, 5.74) is 5.58. The minimum Gasteiger partial charge on any atom is -0.480 e. The number of halogens is 4. The molecule has 3 atom stereocenters. The molecular formula is C24H30F4N2O6. The summed E-state index contributed by atoms with van der Waals surface area (Å²) < 4.78 is 59.1. The molecule has 1 aliphatic rings. The van der Waals surface area contributed by atoms with Crippen molar-refractivity contribution < 1.29 is 46.6 Å². The van der Waals surface area contributed by atoms with Gasteiger partial charge in [-0.3, -0.25) is 19.2 Å². The van der Waals surface area contributed by atoms with E-state index in [9.17, 15) is 41.8 Å². The van der Waals surface area contributed by atoms with E-state index in [1.165, 1.54) is 0 Å². The molecule has 1 aliphatic carbocycles. The molecule has 1 unspecified atom stereocenters. The van der Waals surface area contributed by atoms with Crippen molar-refractivity contribution in [1.29, 1.82) is 0 Å². The van der Waals surface area contributed by atoms with Crippen LogP contribution >= 0.6 is 0 Å². The molecule has 0 heterocycles. The summed E-state index contributed by atoms with van der Waals surface area (Å²) in [6.45, 7) is 1.82. The number of ketones is 2. The van der Waals surface area contributed by atoms with Crippen LogP contribution in [0, 0.1) is 41.0 Å². The Kier molecular flexibility index (Phi) is 10.4. The number of nitrogens with two attached hydrogens (primary N) is 1. The van der Waals surface area contributed by atoms with E-state index in [0.717, 1.165) is 32.1 Å². The van der Waals surface area contributed by atoms with Gasteiger partial charge in [-0.1, -0.05) is 33.1 Å². The second kappa shape index (κ2) is 12.8. The number of benzene rings is 1. The minimum absolute atomic E-state index is 0.0603. The molecule has 0 aromatic heterocycles. The summed E-state index contributed by atoms with van der Waals surface area (Å²) in [5, 5.41) is 11.9. The van der Waals surface area contributed by atoms with Crippen molar-refractivity contribution in [2.75, 3.05) is 6.61 Å². The average molecular weight is 519 g/mol. The summed E-state index contributed by atoms with van der Waals surface area (Å²) in [4.78, 5) is 50.2. The van der Waals surface area contributed by atoms with Gasteiger partial charge in [0.25, 0.3) is 0 Å². The standard InChI is InChI=1S/C24H30F4N2O6/c1-11(2)21(30-16(32)8-12-6-4-3-5-7-12)22(33)17(20(29)24(34)35)15(31)10-36-23-18(27)13(25)9-14(26)19(23)28/h9,11-12,17,20-21H,3-8,10,29H2,1-2H3,(H,30,32)(H,34,35)/t17-,20?,21-/m0/s1. The van der Waals surface area contributed by atoms with Gasteiger partial charge in [0.05, 0.1) is 6.04 Å². The number of amides is 1. The summed E-state index contributed by atoms with van der Waals surface area (Å²) in [6, 6.07) is -3.43. The van der Waals surface area contributed by atoms with Gasteiger partial charge in [-0.25, -0.2) is 8.78 Å². The molecule has 4 N–H and O–H groups in total. The normalized spacial score (nSPS) is 16.8. The molecule has 12 heteroatoms. The van der Waals surface area contributed by atoms with Crippen molar-refractivity contribution in [1.82, 2.24) is 5.32 Å². The quantitative estimate of drug-likeness (QED) is 0.220. The molecule has 1 saturated carbocycles. The van der Waals surface area contributed by atoms with Crippen LogP contribution in [0.2, 0.25) is 0 Å². The van der Waals surface area contributed by atoms with Crippen molar-refractivity contribution in [2.45, 2.75) is 64.5 Å². The van der Waals surface area contributed by atoms with E-state index in [0.29, 0.717) is 0 Å². The van der Waals surface area contributed by atoms with Crippen molar-refractivity contribution in [3.05, 3.63) is 29.3 Å². The van der Waals surface area contributed by atoms with Gasteiger partial charge in [-0.05, 0) is 24.7 Å². The lowest BCUT2D eigenvalue weighted by molar-refractivity contribution is -0.148. The van der Waals surface area contributed by atoms with Crippen molar-refractivity contribution in [2.24, 2.45) is 23.5 Å². The van der Waals surface area contributed by atoms with Crippen LogP contribution < -0.4 is 15.8 Å². The molecule has 36 heavy (non-hydrogen) atoms. The molecule has 1 aromatic rings. The highest BCUT2D eigenvalue weighted by Gasteiger charge is 2.42. The third-order valence-corrected chi connectivity index (χ3v) is 6.22. The summed E-state index contributed by atoms with van der Waals surface area (Å²) in [6.07, 6.45) is 4.96. The second-order valence-electron chi connectivity index (χ2n) is 9.29. The van der Waals surface area contributed by atoms with Crippen LogP contribution in [0.5, 0.6) is 5.75 Å². The Hall–Kier alpha value is -3.02. The number of carbonyl (C=O) groups excluding carboxylic acids is 3. The molecule has 0 saturated heterocycles. The molecule has 2 rings (SSSR count). The number of carboxylic acids is 1. The second-order valence-corrected chi connectivity index (χ2v) is 9.29. The minimum atomic E-state index is -2.08. The largest absolute Gasteiger partial charge is 0.480 e. The fraction of sp³-hybridized carbons (Fsp3) is 0.583. The third kappa shape index (κ3) is 7.25. The Labute approximate surface area is 205 Å². The third-order valence-electron chi connectivity index (χ3n) is 6.22. The van der Waals surface area contributed by atoms with E-state index in [4.69, 9.17) is 5.73 Å². The number of aliphatic carboxylic acids is 1. The highest BCUT2D eigenvalue weighted by Crippen LogP contribution is 2.28. The van der Waals surface area contributed by atoms with Gasteiger partial charge in [0.15, 0.2) is 29.0 Å². The van der Waals surface area contributed by atoms with E-state index < -0.39 is 83.0 Å². The number of hydrogen-bond acceptors (Lipinski definition) is 6. The van der Waals surface area contributed by atoms with Crippen LogP contribution in [-0.2, 0) is 19.2 Å². The summed E-state index contributed by atoms with van der Waals surface area (Å²) in [5.74, 6) is -16.0. The van der Waals surface area contributed by atoms with Crippen LogP contribution in [0.25, 0.3) is 0 Å². The molecule has 0 bridgehead atoms. The fourth-order valence-electron chi connectivity index (χ4n) is 4.24. The summed E-state index contributed by atoms with van der Waals surface area (Å²) in [7, 11) is 0. The molecule has 1 fully saturated rings. The zero-order valence-electron chi connectivity index (χ0n) is 20.0. The van der Waals surface area contributed by atoms with Crippen molar-refractivity contribution in [3.63, 3.8) is 0 Å². The van der Waals surface area contributed by atoms with E-state index >= 15 is 0 Å². The number of ether oxygens (including phenoxy) is 1. The SMILES string of the molecule is CC(C)[C@H](NC(=O)CC1CCCCC1)C(=O)[C@@H](C(=O)COc1c(F)c(F)cc(F)c1F)C(N)C(=O)O. The Balaban J connectivity index is 2.22. The van der Waals surface area contributed by atoms with E-state index in [1.54, 1.807) is 13.8 Å². The molecule has 1 aromatic carbocycles. The maximum absolute atomic E-state index is 13.9. The van der Waals surface area contributed by atoms with E-state index in [-0.39, 0.29) is 18.4 Å². The maximum atomic E-state index is 13.9. The number of carboxylic acid groups (broad SMARTS) is 1. The maximum Gasteiger partial charge on any atom is 0.321 e.